The van der Waals surface area contributed by atoms with E-state index in [1.54, 1.807) is 0 Å². The number of benzene rings is 3. The molecule has 15 heteroatoms. The van der Waals surface area contributed by atoms with Crippen LogP contribution in [-0.2, 0) is 10.0 Å². The largest absolute Gasteiger partial charge is 0.478 e. The van der Waals surface area contributed by atoms with Crippen molar-refractivity contribution < 1.29 is 28.0 Å². The third-order valence-electron chi connectivity index (χ3n) is 4.87. The van der Waals surface area contributed by atoms with Crippen molar-refractivity contribution >= 4 is 61.6 Å². The Labute approximate surface area is 207 Å². The summed E-state index contributed by atoms with van der Waals surface area (Å²) in [7, 11) is -4.05. The number of fused-ring (bicyclic) bond motifs is 1. The molecule has 0 spiro atoms. The predicted octanol–water partition coefficient (Wildman–Crippen LogP) is 3.68. The fourth-order valence-electron chi connectivity index (χ4n) is 3.23. The van der Waals surface area contributed by atoms with Gasteiger partial charge in [0.1, 0.15) is 5.39 Å². The number of hydrogen-bond acceptors (Lipinski definition) is 8. The zero-order chi connectivity index (χ0) is 26.0. The number of nitro groups is 1. The van der Waals surface area contributed by atoms with Crippen LogP contribution in [0.25, 0.3) is 10.9 Å². The third kappa shape index (κ3) is 4.89. The summed E-state index contributed by atoms with van der Waals surface area (Å²) in [5, 5.41) is 23.9. The molecular weight excluding hydrogens is 516 g/mol. The van der Waals surface area contributed by atoms with Crippen molar-refractivity contribution in [3.05, 3.63) is 87.6 Å². The van der Waals surface area contributed by atoms with Gasteiger partial charge in [-0.1, -0.05) is 23.7 Å². The highest BCUT2D eigenvalue weighted by molar-refractivity contribution is 7.92. The fourth-order valence-corrected chi connectivity index (χ4v) is 4.60. The van der Waals surface area contributed by atoms with Gasteiger partial charge < -0.3 is 5.11 Å². The van der Waals surface area contributed by atoms with E-state index in [0.717, 1.165) is 10.7 Å². The van der Waals surface area contributed by atoms with Crippen molar-refractivity contribution in [2.24, 2.45) is 0 Å². The zero-order valence-corrected chi connectivity index (χ0v) is 19.4. The van der Waals surface area contributed by atoms with Crippen molar-refractivity contribution in [3.63, 3.8) is 0 Å². The standard InChI is InChI=1S/C21H15ClN6O7S/c22-19-18-16(5-2-6-17(18)28(32)33)27(25-19)21(31)24-23-13-7-9-14(10-8-13)26-36(34,35)15-4-1-3-12(11-15)20(29)30/h1-11,23,26H,(H,24,31)(H,29,30). The van der Waals surface area contributed by atoms with E-state index in [1.807, 2.05) is 0 Å². The van der Waals surface area contributed by atoms with Gasteiger partial charge in [0.2, 0.25) is 0 Å². The number of anilines is 2. The first-order chi connectivity index (χ1) is 17.1. The van der Waals surface area contributed by atoms with Gasteiger partial charge in [0.15, 0.2) is 5.15 Å². The molecule has 0 atom stereocenters. The summed E-state index contributed by atoms with van der Waals surface area (Å²) < 4.78 is 28.3. The summed E-state index contributed by atoms with van der Waals surface area (Å²) in [6.45, 7) is 0. The number of amides is 1. The molecule has 184 valence electrons. The summed E-state index contributed by atoms with van der Waals surface area (Å²) in [6.07, 6.45) is 0. The van der Waals surface area contributed by atoms with E-state index in [9.17, 15) is 28.1 Å². The minimum Gasteiger partial charge on any atom is -0.478 e. The first-order valence-electron chi connectivity index (χ1n) is 9.91. The lowest BCUT2D eigenvalue weighted by molar-refractivity contribution is -0.383. The first-order valence-corrected chi connectivity index (χ1v) is 11.8. The summed E-state index contributed by atoms with van der Waals surface area (Å²) in [5.74, 6) is -1.26. The molecule has 1 aromatic heterocycles. The highest BCUT2D eigenvalue weighted by Gasteiger charge is 2.22. The maximum atomic E-state index is 12.6. The van der Waals surface area contributed by atoms with E-state index in [0.29, 0.717) is 5.69 Å². The predicted molar refractivity (Wildman–Crippen MR) is 130 cm³/mol. The number of nitro benzene ring substituents is 1. The van der Waals surface area contributed by atoms with Crippen LogP contribution in [0.5, 0.6) is 0 Å². The number of sulfonamides is 1. The normalized spacial score (nSPS) is 11.1. The summed E-state index contributed by atoms with van der Waals surface area (Å²) in [6, 6.07) is 14.0. The molecule has 1 amide bonds. The highest BCUT2D eigenvalue weighted by Crippen LogP contribution is 2.31. The first kappa shape index (κ1) is 24.4. The van der Waals surface area contributed by atoms with Crippen LogP contribution in [0, 0.1) is 10.1 Å². The number of hydrogen-bond donors (Lipinski definition) is 4. The van der Waals surface area contributed by atoms with Gasteiger partial charge in [-0.05, 0) is 48.5 Å². The molecule has 0 fully saturated rings. The average molecular weight is 531 g/mol. The van der Waals surface area contributed by atoms with Gasteiger partial charge in [-0.3, -0.25) is 20.3 Å². The zero-order valence-electron chi connectivity index (χ0n) is 17.9. The van der Waals surface area contributed by atoms with Gasteiger partial charge in [0.25, 0.3) is 15.7 Å². The van der Waals surface area contributed by atoms with E-state index < -0.39 is 26.9 Å². The topological polar surface area (TPSA) is 186 Å². The Kier molecular flexibility index (Phi) is 6.46. The number of hydrazine groups is 1. The number of carbonyl (C=O) groups is 2. The van der Waals surface area contributed by atoms with Gasteiger partial charge in [0, 0.05) is 11.8 Å². The number of aromatic nitrogens is 2. The number of nitrogens with one attached hydrogen (secondary N) is 3. The second-order valence-electron chi connectivity index (χ2n) is 7.20. The van der Waals surface area contributed by atoms with Crippen LogP contribution in [0.3, 0.4) is 0 Å². The molecular formula is C21H15ClN6O7S. The number of rotatable bonds is 7. The summed E-state index contributed by atoms with van der Waals surface area (Å²) >= 11 is 6.00. The van der Waals surface area contributed by atoms with E-state index in [1.165, 1.54) is 60.7 Å². The molecule has 4 aromatic rings. The molecule has 0 aliphatic carbocycles. The van der Waals surface area contributed by atoms with Crippen LogP contribution in [0.4, 0.5) is 21.9 Å². The van der Waals surface area contributed by atoms with Crippen LogP contribution < -0.4 is 15.6 Å². The fraction of sp³-hybridized carbons (Fsp3) is 0. The summed E-state index contributed by atoms with van der Waals surface area (Å²) in [5.41, 5.74) is 5.20. The molecule has 36 heavy (non-hydrogen) atoms. The number of carboxylic acid groups (broad SMARTS) is 1. The van der Waals surface area contributed by atoms with Crippen LogP contribution >= 0.6 is 11.6 Å². The number of non-ortho nitro benzene ring substituents is 1. The van der Waals surface area contributed by atoms with E-state index in [4.69, 9.17) is 16.7 Å². The van der Waals surface area contributed by atoms with E-state index in [-0.39, 0.29) is 37.9 Å². The van der Waals surface area contributed by atoms with Crippen molar-refractivity contribution in [2.75, 3.05) is 10.1 Å². The molecule has 0 aliphatic heterocycles. The number of aromatic carboxylic acids is 1. The Morgan fingerprint density at radius 2 is 1.69 bits per heavy atom. The number of carbonyl (C=O) groups excluding carboxylic acids is 1. The Morgan fingerprint density at radius 3 is 2.36 bits per heavy atom. The Bertz CT molecular complexity index is 1620. The van der Waals surface area contributed by atoms with Crippen LogP contribution in [0.2, 0.25) is 5.15 Å². The number of halogens is 1. The van der Waals surface area contributed by atoms with Gasteiger partial charge >= 0.3 is 12.0 Å². The van der Waals surface area contributed by atoms with Crippen molar-refractivity contribution in [1.82, 2.24) is 15.2 Å². The van der Waals surface area contributed by atoms with E-state index in [2.05, 4.69) is 20.7 Å². The SMILES string of the molecule is O=C(O)c1cccc(S(=O)(=O)Nc2ccc(NNC(=O)n3nc(Cl)c4c([N+](=O)[O-])cccc43)cc2)c1. The maximum Gasteiger partial charge on any atom is 0.361 e. The van der Waals surface area contributed by atoms with Crippen LogP contribution in [0.15, 0.2) is 71.6 Å². The van der Waals surface area contributed by atoms with Gasteiger partial charge in [-0.15, -0.1) is 0 Å². The Balaban J connectivity index is 1.45. The molecule has 0 radical (unpaired) electrons. The lowest BCUT2D eigenvalue weighted by atomic mass is 10.2. The molecule has 0 bridgehead atoms. The van der Waals surface area contributed by atoms with E-state index >= 15 is 0 Å². The number of nitrogens with zero attached hydrogens (tertiary/aromatic N) is 3. The Morgan fingerprint density at radius 1 is 1.03 bits per heavy atom. The molecule has 0 saturated carbocycles. The highest BCUT2D eigenvalue weighted by atomic mass is 35.5. The van der Waals surface area contributed by atoms with Crippen LogP contribution in [0.1, 0.15) is 10.4 Å². The second-order valence-corrected chi connectivity index (χ2v) is 9.24. The minimum absolute atomic E-state index is 0.0184. The molecule has 4 N–H and O–H groups in total. The molecule has 0 aliphatic rings. The quantitative estimate of drug-likeness (QED) is 0.204. The Hall–Kier alpha value is -4.69. The molecule has 4 rings (SSSR count). The number of carboxylic acids is 1. The second kappa shape index (κ2) is 9.52. The maximum absolute atomic E-state index is 12.6. The smallest absolute Gasteiger partial charge is 0.361 e. The lowest BCUT2D eigenvalue weighted by Gasteiger charge is -2.11. The molecule has 13 nitrogen and oxygen atoms in total. The van der Waals surface area contributed by atoms with Crippen molar-refractivity contribution in [2.45, 2.75) is 4.90 Å². The van der Waals surface area contributed by atoms with Gasteiger partial charge in [-0.2, -0.15) is 9.78 Å². The third-order valence-corrected chi connectivity index (χ3v) is 6.52. The lowest BCUT2D eigenvalue weighted by Crippen LogP contribution is -2.34. The molecule has 1 heterocycles. The van der Waals surface area contributed by atoms with Crippen molar-refractivity contribution in [3.8, 4) is 0 Å². The van der Waals surface area contributed by atoms with Gasteiger partial charge in [0.05, 0.1) is 26.6 Å². The molecule has 0 saturated heterocycles. The molecule has 3 aromatic carbocycles. The van der Waals surface area contributed by atoms with Crippen LogP contribution in [-0.4, -0.2) is 40.2 Å². The molecule has 0 unspecified atom stereocenters. The van der Waals surface area contributed by atoms with Gasteiger partial charge in [-0.25, -0.2) is 23.4 Å². The van der Waals surface area contributed by atoms with Crippen molar-refractivity contribution in [1.29, 1.82) is 0 Å². The minimum atomic E-state index is -4.05. The monoisotopic (exact) mass is 530 g/mol. The average Bonchev–Trinajstić information content (AvgIpc) is 3.20. The summed E-state index contributed by atoms with van der Waals surface area (Å²) in [4.78, 5) is 34.0.